The second-order valence-electron chi connectivity index (χ2n) is 3.92. The molecule has 4 nitrogen and oxygen atoms in total. The number of pyridine rings is 1. The van der Waals surface area contributed by atoms with Gasteiger partial charge < -0.3 is 10.6 Å². The van der Waals surface area contributed by atoms with E-state index in [0.29, 0.717) is 16.4 Å². The summed E-state index contributed by atoms with van der Waals surface area (Å²) in [5.41, 5.74) is 5.85. The highest BCUT2D eigenvalue weighted by Gasteiger charge is 2.09. The van der Waals surface area contributed by atoms with Gasteiger partial charge in [0.25, 0.3) is 0 Å². The van der Waals surface area contributed by atoms with Gasteiger partial charge in [0.1, 0.15) is 5.82 Å². The van der Waals surface area contributed by atoms with Gasteiger partial charge in [-0.15, -0.1) is 0 Å². The Labute approximate surface area is 118 Å². The van der Waals surface area contributed by atoms with Gasteiger partial charge in [-0.1, -0.05) is 27.5 Å². The van der Waals surface area contributed by atoms with E-state index in [1.54, 1.807) is 18.0 Å². The Morgan fingerprint density at radius 2 is 2.17 bits per heavy atom. The van der Waals surface area contributed by atoms with Crippen LogP contribution in [0.25, 0.3) is 10.9 Å². The lowest BCUT2D eigenvalue weighted by Gasteiger charge is -2.16. The van der Waals surface area contributed by atoms with Crippen LogP contribution in [0.4, 0.5) is 5.82 Å². The van der Waals surface area contributed by atoms with Gasteiger partial charge in [0, 0.05) is 16.9 Å². The van der Waals surface area contributed by atoms with E-state index in [1.165, 1.54) is 0 Å². The van der Waals surface area contributed by atoms with Crippen molar-refractivity contribution in [1.29, 1.82) is 0 Å². The van der Waals surface area contributed by atoms with Crippen LogP contribution in [0.3, 0.4) is 0 Å². The number of rotatable bonds is 3. The first-order valence-corrected chi connectivity index (χ1v) is 6.40. The van der Waals surface area contributed by atoms with Crippen molar-refractivity contribution in [1.82, 2.24) is 4.98 Å². The third kappa shape index (κ3) is 2.57. The molecule has 1 aromatic carbocycles. The van der Waals surface area contributed by atoms with Gasteiger partial charge in [0.05, 0.1) is 17.1 Å². The second kappa shape index (κ2) is 5.12. The number of carbonyl (C=O) groups excluding carboxylic acids is 1. The van der Waals surface area contributed by atoms with Gasteiger partial charge in [0.15, 0.2) is 0 Å². The average Bonchev–Trinajstić information content (AvgIpc) is 2.33. The summed E-state index contributed by atoms with van der Waals surface area (Å²) in [6.45, 7) is 0.115. The number of carbonyl (C=O) groups is 1. The van der Waals surface area contributed by atoms with E-state index in [1.807, 2.05) is 18.2 Å². The quantitative estimate of drug-likeness (QED) is 0.942. The summed E-state index contributed by atoms with van der Waals surface area (Å²) in [5.74, 6) is 0.251. The van der Waals surface area contributed by atoms with Crippen molar-refractivity contribution in [3.63, 3.8) is 0 Å². The van der Waals surface area contributed by atoms with Crippen molar-refractivity contribution in [2.24, 2.45) is 5.73 Å². The van der Waals surface area contributed by atoms with Gasteiger partial charge in [-0.2, -0.15) is 0 Å². The van der Waals surface area contributed by atoms with E-state index in [0.717, 1.165) is 9.86 Å². The number of nitrogens with zero attached hydrogens (tertiary/aromatic N) is 2. The largest absolute Gasteiger partial charge is 0.368 e. The van der Waals surface area contributed by atoms with E-state index in [4.69, 9.17) is 17.3 Å². The Morgan fingerprint density at radius 3 is 2.83 bits per heavy atom. The number of hydrogen-bond donors (Lipinski definition) is 1. The highest BCUT2D eigenvalue weighted by molar-refractivity contribution is 9.10. The minimum Gasteiger partial charge on any atom is -0.368 e. The number of amides is 1. The zero-order valence-corrected chi connectivity index (χ0v) is 12.0. The first kappa shape index (κ1) is 13.1. The fourth-order valence-electron chi connectivity index (χ4n) is 1.67. The number of aromatic nitrogens is 1. The average molecular weight is 329 g/mol. The molecule has 0 fully saturated rings. The number of fused-ring (bicyclic) bond motifs is 1. The number of halogens is 2. The first-order chi connectivity index (χ1) is 8.49. The lowest BCUT2D eigenvalue weighted by Crippen LogP contribution is -2.30. The van der Waals surface area contributed by atoms with E-state index in [2.05, 4.69) is 20.9 Å². The third-order valence-electron chi connectivity index (χ3n) is 2.52. The van der Waals surface area contributed by atoms with Crippen LogP contribution in [0, 0.1) is 0 Å². The molecule has 6 heteroatoms. The molecule has 0 spiro atoms. The summed E-state index contributed by atoms with van der Waals surface area (Å²) in [6, 6.07) is 7.38. The number of benzene rings is 1. The van der Waals surface area contributed by atoms with Gasteiger partial charge in [-0.25, -0.2) is 4.98 Å². The molecule has 1 heterocycles. The first-order valence-electron chi connectivity index (χ1n) is 5.23. The predicted molar refractivity (Wildman–Crippen MR) is 76.9 cm³/mol. The van der Waals surface area contributed by atoms with E-state index < -0.39 is 5.91 Å². The maximum absolute atomic E-state index is 10.9. The normalized spacial score (nSPS) is 10.6. The minimum absolute atomic E-state index is 0.115. The molecule has 0 aliphatic carbocycles. The molecule has 0 unspecified atom stereocenters. The Bertz CT molecular complexity index is 618. The Hall–Kier alpha value is -1.33. The van der Waals surface area contributed by atoms with Gasteiger partial charge >= 0.3 is 0 Å². The number of hydrogen-bond acceptors (Lipinski definition) is 3. The molecular weight excluding hydrogens is 318 g/mol. The molecule has 2 rings (SSSR count). The summed E-state index contributed by atoms with van der Waals surface area (Å²) in [5, 5.41) is 1.50. The van der Waals surface area contributed by atoms with Crippen molar-refractivity contribution in [3.8, 4) is 0 Å². The summed E-state index contributed by atoms with van der Waals surface area (Å²) >= 11 is 9.56. The smallest absolute Gasteiger partial charge is 0.236 e. The summed E-state index contributed by atoms with van der Waals surface area (Å²) in [7, 11) is 1.75. The zero-order valence-electron chi connectivity index (χ0n) is 9.65. The number of anilines is 1. The van der Waals surface area contributed by atoms with Gasteiger partial charge in [-0.3, -0.25) is 4.79 Å². The SMILES string of the molecule is CN(CC(N)=O)c1ccc2c(Br)ccc(Cl)c2n1. The third-order valence-corrected chi connectivity index (χ3v) is 3.52. The molecule has 0 atom stereocenters. The fraction of sp³-hybridized carbons (Fsp3) is 0.167. The van der Waals surface area contributed by atoms with Crippen LogP contribution >= 0.6 is 27.5 Å². The molecule has 0 bridgehead atoms. The molecule has 2 aromatic rings. The highest BCUT2D eigenvalue weighted by atomic mass is 79.9. The summed E-state index contributed by atoms with van der Waals surface area (Å²) in [6.07, 6.45) is 0. The van der Waals surface area contributed by atoms with Gasteiger partial charge in [-0.05, 0) is 24.3 Å². The zero-order chi connectivity index (χ0) is 13.3. The molecular formula is C12H11BrClN3O. The monoisotopic (exact) mass is 327 g/mol. The van der Waals surface area contributed by atoms with Crippen LogP contribution in [0.2, 0.25) is 5.02 Å². The van der Waals surface area contributed by atoms with E-state index in [-0.39, 0.29) is 6.54 Å². The number of likely N-dealkylation sites (N-methyl/N-ethyl adjacent to an activating group) is 1. The number of nitrogens with two attached hydrogens (primary N) is 1. The van der Waals surface area contributed by atoms with Crippen molar-refractivity contribution >= 4 is 50.2 Å². The maximum atomic E-state index is 10.9. The van der Waals surface area contributed by atoms with Crippen molar-refractivity contribution in [2.75, 3.05) is 18.5 Å². The minimum atomic E-state index is -0.403. The Kier molecular flexibility index (Phi) is 3.73. The van der Waals surface area contributed by atoms with Crippen molar-refractivity contribution < 1.29 is 4.79 Å². The molecule has 94 valence electrons. The molecule has 1 aromatic heterocycles. The predicted octanol–water partition coefficient (Wildman–Crippen LogP) is 2.57. The molecule has 0 radical (unpaired) electrons. The van der Waals surface area contributed by atoms with Crippen molar-refractivity contribution in [2.45, 2.75) is 0 Å². The van der Waals surface area contributed by atoms with Crippen LogP contribution < -0.4 is 10.6 Å². The molecule has 0 saturated carbocycles. The van der Waals surface area contributed by atoms with Crippen LogP contribution in [0.1, 0.15) is 0 Å². The molecule has 1 amide bonds. The van der Waals surface area contributed by atoms with Crippen LogP contribution in [0.15, 0.2) is 28.7 Å². The second-order valence-corrected chi connectivity index (χ2v) is 5.18. The fourth-order valence-corrected chi connectivity index (χ4v) is 2.33. The molecule has 0 aliphatic rings. The highest BCUT2D eigenvalue weighted by Crippen LogP contribution is 2.30. The van der Waals surface area contributed by atoms with E-state index in [9.17, 15) is 4.79 Å². The summed E-state index contributed by atoms with van der Waals surface area (Å²) in [4.78, 5) is 17.0. The molecule has 2 N–H and O–H groups in total. The van der Waals surface area contributed by atoms with Crippen LogP contribution in [0.5, 0.6) is 0 Å². The standard InChI is InChI=1S/C12H11BrClN3O/c1-17(6-10(15)18)11-5-2-7-8(13)3-4-9(14)12(7)16-11/h2-5H,6H2,1H3,(H2,15,18). The lowest BCUT2D eigenvalue weighted by molar-refractivity contribution is -0.116. The Morgan fingerprint density at radius 1 is 1.44 bits per heavy atom. The van der Waals surface area contributed by atoms with Crippen LogP contribution in [-0.2, 0) is 4.79 Å². The molecule has 18 heavy (non-hydrogen) atoms. The summed E-state index contributed by atoms with van der Waals surface area (Å²) < 4.78 is 0.929. The van der Waals surface area contributed by atoms with E-state index >= 15 is 0 Å². The van der Waals surface area contributed by atoms with Crippen LogP contribution in [-0.4, -0.2) is 24.5 Å². The Balaban J connectivity index is 2.50. The lowest BCUT2D eigenvalue weighted by atomic mass is 10.2. The molecule has 0 aliphatic heterocycles. The van der Waals surface area contributed by atoms with Gasteiger partial charge in [0.2, 0.25) is 5.91 Å². The topological polar surface area (TPSA) is 59.2 Å². The number of primary amides is 1. The molecule has 0 saturated heterocycles. The van der Waals surface area contributed by atoms with Crippen molar-refractivity contribution in [3.05, 3.63) is 33.8 Å². The maximum Gasteiger partial charge on any atom is 0.236 e.